The highest BCUT2D eigenvalue weighted by molar-refractivity contribution is 6.32. The van der Waals surface area contributed by atoms with Crippen molar-refractivity contribution in [2.24, 2.45) is 5.73 Å². The fraction of sp³-hybridized carbons (Fsp3) is 0.400. The van der Waals surface area contributed by atoms with E-state index in [1.807, 2.05) is 6.07 Å². The average molecular weight is 216 g/mol. The van der Waals surface area contributed by atoms with Gasteiger partial charge in [-0.1, -0.05) is 11.6 Å². The molecule has 0 radical (unpaired) electrons. The molecule has 14 heavy (non-hydrogen) atoms. The van der Waals surface area contributed by atoms with Gasteiger partial charge < -0.3 is 15.2 Å². The summed E-state index contributed by atoms with van der Waals surface area (Å²) in [6.45, 7) is 0.568. The molecule has 4 heteroatoms. The van der Waals surface area contributed by atoms with E-state index in [0.29, 0.717) is 17.3 Å². The molecule has 1 aromatic rings. The first-order valence-corrected chi connectivity index (χ1v) is 4.71. The van der Waals surface area contributed by atoms with Gasteiger partial charge in [-0.2, -0.15) is 0 Å². The third-order valence-corrected chi connectivity index (χ3v) is 2.26. The minimum atomic E-state index is 0.568. The molecule has 0 aliphatic carbocycles. The number of rotatable bonds is 4. The smallest absolute Gasteiger partial charge is 0.141 e. The summed E-state index contributed by atoms with van der Waals surface area (Å²) in [7, 11) is 3.19. The molecule has 0 aromatic heterocycles. The molecule has 0 fully saturated rings. The van der Waals surface area contributed by atoms with Crippen LogP contribution in [0.1, 0.15) is 5.56 Å². The molecule has 0 aliphatic rings. The van der Waals surface area contributed by atoms with Crippen molar-refractivity contribution in [2.75, 3.05) is 20.8 Å². The van der Waals surface area contributed by atoms with E-state index in [4.69, 9.17) is 26.8 Å². The van der Waals surface area contributed by atoms with E-state index < -0.39 is 0 Å². The fourth-order valence-electron chi connectivity index (χ4n) is 1.27. The van der Waals surface area contributed by atoms with E-state index in [9.17, 15) is 0 Å². The van der Waals surface area contributed by atoms with E-state index >= 15 is 0 Å². The van der Waals surface area contributed by atoms with Crippen LogP contribution in [0.15, 0.2) is 12.1 Å². The molecule has 0 amide bonds. The third kappa shape index (κ3) is 2.30. The Morgan fingerprint density at radius 2 is 1.86 bits per heavy atom. The molecule has 1 aromatic carbocycles. The van der Waals surface area contributed by atoms with Gasteiger partial charge in [0.15, 0.2) is 0 Å². The monoisotopic (exact) mass is 215 g/mol. The van der Waals surface area contributed by atoms with Crippen LogP contribution < -0.4 is 15.2 Å². The van der Waals surface area contributed by atoms with E-state index in [-0.39, 0.29) is 0 Å². The SMILES string of the molecule is COc1cc(OC)c(CCN)cc1Cl. The highest BCUT2D eigenvalue weighted by Crippen LogP contribution is 2.32. The van der Waals surface area contributed by atoms with Crippen LogP contribution in [0.2, 0.25) is 5.02 Å². The molecule has 0 bridgehead atoms. The van der Waals surface area contributed by atoms with Crippen molar-refractivity contribution in [3.05, 3.63) is 22.7 Å². The number of halogens is 1. The van der Waals surface area contributed by atoms with Gasteiger partial charge in [-0.05, 0) is 24.6 Å². The van der Waals surface area contributed by atoms with Gasteiger partial charge in [0.25, 0.3) is 0 Å². The second-order valence-electron chi connectivity index (χ2n) is 2.84. The normalized spacial score (nSPS) is 10.0. The highest BCUT2D eigenvalue weighted by atomic mass is 35.5. The Balaban J connectivity index is 3.10. The average Bonchev–Trinajstić information content (AvgIpc) is 2.19. The van der Waals surface area contributed by atoms with Crippen LogP contribution in [-0.4, -0.2) is 20.8 Å². The Labute approximate surface area is 88.8 Å². The zero-order valence-electron chi connectivity index (χ0n) is 8.34. The van der Waals surface area contributed by atoms with Crippen molar-refractivity contribution in [2.45, 2.75) is 6.42 Å². The van der Waals surface area contributed by atoms with Gasteiger partial charge in [0.2, 0.25) is 0 Å². The molecule has 0 aliphatic heterocycles. The molecule has 1 rings (SSSR count). The number of hydrogen-bond acceptors (Lipinski definition) is 3. The Morgan fingerprint density at radius 1 is 1.21 bits per heavy atom. The van der Waals surface area contributed by atoms with Crippen molar-refractivity contribution in [1.82, 2.24) is 0 Å². The van der Waals surface area contributed by atoms with Gasteiger partial charge in [-0.25, -0.2) is 0 Å². The maximum atomic E-state index is 5.97. The second kappa shape index (κ2) is 5.08. The summed E-state index contributed by atoms with van der Waals surface area (Å²) in [6, 6.07) is 3.60. The second-order valence-corrected chi connectivity index (χ2v) is 3.24. The highest BCUT2D eigenvalue weighted by Gasteiger charge is 2.08. The molecule has 2 N–H and O–H groups in total. The molecular formula is C10H14ClNO2. The standard InChI is InChI=1S/C10H14ClNO2/c1-13-9-6-10(14-2)8(11)5-7(9)3-4-12/h5-6H,3-4,12H2,1-2H3. The molecule has 0 spiro atoms. The van der Waals surface area contributed by atoms with Crippen LogP contribution in [-0.2, 0) is 6.42 Å². The maximum absolute atomic E-state index is 5.97. The maximum Gasteiger partial charge on any atom is 0.141 e. The number of ether oxygens (including phenoxy) is 2. The minimum absolute atomic E-state index is 0.568. The molecule has 3 nitrogen and oxygen atoms in total. The molecule has 0 saturated heterocycles. The van der Waals surface area contributed by atoms with E-state index in [0.717, 1.165) is 17.7 Å². The summed E-state index contributed by atoms with van der Waals surface area (Å²) < 4.78 is 10.3. The molecule has 0 saturated carbocycles. The summed E-state index contributed by atoms with van der Waals surface area (Å²) in [5, 5.41) is 0.580. The van der Waals surface area contributed by atoms with Crippen LogP contribution in [0, 0.1) is 0 Å². The lowest BCUT2D eigenvalue weighted by atomic mass is 10.1. The van der Waals surface area contributed by atoms with Gasteiger partial charge in [0, 0.05) is 6.07 Å². The van der Waals surface area contributed by atoms with Gasteiger partial charge >= 0.3 is 0 Å². The first kappa shape index (κ1) is 11.1. The zero-order chi connectivity index (χ0) is 10.6. The van der Waals surface area contributed by atoms with Gasteiger partial charge in [-0.15, -0.1) is 0 Å². The Hall–Kier alpha value is -0.930. The van der Waals surface area contributed by atoms with Crippen LogP contribution in [0.25, 0.3) is 0 Å². The van der Waals surface area contributed by atoms with Crippen LogP contribution >= 0.6 is 11.6 Å². The summed E-state index contributed by atoms with van der Waals surface area (Å²) in [5.41, 5.74) is 6.48. The van der Waals surface area contributed by atoms with Crippen molar-refractivity contribution >= 4 is 11.6 Å². The first-order chi connectivity index (χ1) is 6.72. The number of nitrogens with two attached hydrogens (primary N) is 1. The Kier molecular flexibility index (Phi) is 4.04. The predicted molar refractivity (Wildman–Crippen MR) is 57.3 cm³/mol. The van der Waals surface area contributed by atoms with Crippen LogP contribution in [0.3, 0.4) is 0 Å². The largest absolute Gasteiger partial charge is 0.496 e. The molecule has 0 heterocycles. The lowest BCUT2D eigenvalue weighted by Crippen LogP contribution is -2.04. The number of benzene rings is 1. The summed E-state index contributed by atoms with van der Waals surface area (Å²) in [4.78, 5) is 0. The van der Waals surface area contributed by atoms with Crippen molar-refractivity contribution < 1.29 is 9.47 Å². The predicted octanol–water partition coefficient (Wildman–Crippen LogP) is 1.86. The third-order valence-electron chi connectivity index (χ3n) is 1.97. The fourth-order valence-corrected chi connectivity index (χ4v) is 1.54. The lowest BCUT2D eigenvalue weighted by molar-refractivity contribution is 0.391. The van der Waals surface area contributed by atoms with Crippen molar-refractivity contribution in [3.8, 4) is 11.5 Å². The van der Waals surface area contributed by atoms with Crippen molar-refractivity contribution in [1.29, 1.82) is 0 Å². The topological polar surface area (TPSA) is 44.5 Å². The summed E-state index contributed by atoms with van der Waals surface area (Å²) in [6.07, 6.45) is 0.743. The van der Waals surface area contributed by atoms with Gasteiger partial charge in [-0.3, -0.25) is 0 Å². The van der Waals surface area contributed by atoms with Crippen molar-refractivity contribution in [3.63, 3.8) is 0 Å². The quantitative estimate of drug-likeness (QED) is 0.834. The Bertz CT molecular complexity index is 315. The summed E-state index contributed by atoms with van der Waals surface area (Å²) >= 11 is 5.97. The molecule has 78 valence electrons. The van der Waals surface area contributed by atoms with E-state index in [2.05, 4.69) is 0 Å². The lowest BCUT2D eigenvalue weighted by Gasteiger charge is -2.11. The van der Waals surface area contributed by atoms with E-state index in [1.165, 1.54) is 0 Å². The molecular weight excluding hydrogens is 202 g/mol. The first-order valence-electron chi connectivity index (χ1n) is 4.33. The minimum Gasteiger partial charge on any atom is -0.496 e. The Morgan fingerprint density at radius 3 is 2.36 bits per heavy atom. The molecule has 0 unspecified atom stereocenters. The van der Waals surface area contributed by atoms with Crippen LogP contribution in [0.4, 0.5) is 0 Å². The van der Waals surface area contributed by atoms with Gasteiger partial charge in [0.1, 0.15) is 11.5 Å². The molecule has 0 atom stereocenters. The number of hydrogen-bond donors (Lipinski definition) is 1. The van der Waals surface area contributed by atoms with Gasteiger partial charge in [0.05, 0.1) is 19.2 Å². The number of methoxy groups -OCH3 is 2. The summed E-state index contributed by atoms with van der Waals surface area (Å²) in [5.74, 6) is 1.38. The van der Waals surface area contributed by atoms with E-state index in [1.54, 1.807) is 20.3 Å². The van der Waals surface area contributed by atoms with Crippen LogP contribution in [0.5, 0.6) is 11.5 Å². The zero-order valence-corrected chi connectivity index (χ0v) is 9.10.